The number of anilines is 1. The fourth-order valence-corrected chi connectivity index (χ4v) is 4.17. The van der Waals surface area contributed by atoms with Gasteiger partial charge >= 0.3 is 11.9 Å². The summed E-state index contributed by atoms with van der Waals surface area (Å²) >= 11 is 6.14. The number of fused-ring (bicyclic) bond motifs is 1. The molecule has 3 heterocycles. The zero-order chi connectivity index (χ0) is 23.7. The summed E-state index contributed by atoms with van der Waals surface area (Å²) in [6.45, 7) is 3.70. The van der Waals surface area contributed by atoms with Crippen LogP contribution in [-0.2, 0) is 16.1 Å². The van der Waals surface area contributed by atoms with Crippen molar-refractivity contribution in [3.8, 4) is 5.75 Å². The first-order valence-corrected chi connectivity index (χ1v) is 10.7. The molecule has 0 spiro atoms. The van der Waals surface area contributed by atoms with Crippen LogP contribution < -0.4 is 10.1 Å². The van der Waals surface area contributed by atoms with Gasteiger partial charge in [-0.15, -0.1) is 0 Å². The number of hydrogen-bond donors (Lipinski definition) is 1. The number of urea groups is 1. The fraction of sp³-hybridized carbons (Fsp3) is 0.318. The maximum absolute atomic E-state index is 13.3. The van der Waals surface area contributed by atoms with E-state index in [0.717, 1.165) is 4.90 Å². The fourth-order valence-electron chi connectivity index (χ4n) is 3.92. The molecule has 1 unspecified atom stereocenters. The van der Waals surface area contributed by atoms with Gasteiger partial charge in [0.1, 0.15) is 17.2 Å². The third-order valence-corrected chi connectivity index (χ3v) is 5.71. The molecule has 1 atom stereocenters. The van der Waals surface area contributed by atoms with Gasteiger partial charge in [-0.2, -0.15) is 19.4 Å². The highest BCUT2D eigenvalue weighted by Crippen LogP contribution is 2.27. The molecule has 0 saturated carbocycles. The first kappa shape index (κ1) is 22.5. The lowest BCUT2D eigenvalue weighted by atomic mass is 10.0. The molecule has 0 bridgehead atoms. The summed E-state index contributed by atoms with van der Waals surface area (Å²) in [5, 5.41) is 9.11. The average molecular weight is 473 g/mol. The van der Waals surface area contributed by atoms with Crippen molar-refractivity contribution >= 4 is 46.6 Å². The molecular weight excluding hydrogens is 450 g/mol. The summed E-state index contributed by atoms with van der Waals surface area (Å²) in [6.07, 6.45) is 1.47. The Kier molecular flexibility index (Phi) is 6.19. The van der Waals surface area contributed by atoms with E-state index >= 15 is 0 Å². The number of carbonyl (C=O) groups excluding carboxylic acids is 3. The van der Waals surface area contributed by atoms with Crippen molar-refractivity contribution in [2.24, 2.45) is 5.10 Å². The lowest BCUT2D eigenvalue weighted by Crippen LogP contribution is -2.61. The number of imide groups is 1. The van der Waals surface area contributed by atoms with Crippen LogP contribution in [0.25, 0.3) is 0 Å². The molecule has 1 N–H and O–H groups in total. The Morgan fingerprint density at radius 1 is 1.33 bits per heavy atom. The number of ether oxygens (including phenoxy) is 1. The van der Waals surface area contributed by atoms with E-state index in [0.29, 0.717) is 40.2 Å². The third kappa shape index (κ3) is 4.21. The smallest absolute Gasteiger partial charge is 0.495 e. The zero-order valence-corrected chi connectivity index (χ0v) is 19.1. The minimum Gasteiger partial charge on any atom is -0.495 e. The average Bonchev–Trinajstić information content (AvgIpc) is 3.41. The van der Waals surface area contributed by atoms with Crippen LogP contribution >= 0.6 is 11.6 Å². The summed E-state index contributed by atoms with van der Waals surface area (Å²) in [7, 11) is 1.50. The number of rotatable bonds is 7. The molecule has 0 fully saturated rings. The standard InChI is InChI=1S/C22H22ClN5O5/c1-4-28-20-19(13(2)25-28)26(22(31)27(21(20)30)11-15-6-5-9-33-15)12-18(29)24-14-7-8-17(32-3)16(23)10-14/h5-10,20H,4,11-12H2,1-3H3/p+1. The maximum Gasteiger partial charge on any atom is 0.501 e. The van der Waals surface area contributed by atoms with E-state index in [1.807, 2.05) is 6.92 Å². The van der Waals surface area contributed by atoms with Gasteiger partial charge in [0.25, 0.3) is 5.91 Å². The largest absolute Gasteiger partial charge is 0.501 e. The molecule has 0 aliphatic carbocycles. The summed E-state index contributed by atoms with van der Waals surface area (Å²) in [4.78, 5) is 40.6. The number of likely N-dealkylation sites (N-methyl/N-ethyl adjacent to an activating group) is 1. The molecule has 172 valence electrons. The number of methoxy groups -OCH3 is 1. The number of carbonyl (C=O) groups is 3. The lowest BCUT2D eigenvalue weighted by Gasteiger charge is -2.27. The first-order chi connectivity index (χ1) is 15.8. The predicted octanol–water partition coefficient (Wildman–Crippen LogP) is 2.58. The van der Waals surface area contributed by atoms with Gasteiger partial charge in [-0.1, -0.05) is 11.6 Å². The highest BCUT2D eigenvalue weighted by Gasteiger charge is 2.54. The van der Waals surface area contributed by atoms with Crippen LogP contribution in [0, 0.1) is 0 Å². The van der Waals surface area contributed by atoms with Crippen LogP contribution in [0.15, 0.2) is 46.1 Å². The van der Waals surface area contributed by atoms with Gasteiger partial charge in [-0.05, 0) is 44.2 Å². The van der Waals surface area contributed by atoms with E-state index in [1.54, 1.807) is 42.3 Å². The monoisotopic (exact) mass is 472 g/mol. The molecule has 4 amide bonds. The molecule has 33 heavy (non-hydrogen) atoms. The Hall–Kier alpha value is -3.66. The molecule has 2 aliphatic rings. The van der Waals surface area contributed by atoms with Crippen LogP contribution in [0.4, 0.5) is 10.5 Å². The molecule has 2 aromatic rings. The first-order valence-electron chi connectivity index (χ1n) is 10.3. The van der Waals surface area contributed by atoms with E-state index in [1.165, 1.54) is 17.9 Å². The minimum atomic E-state index is -0.786. The Bertz CT molecular complexity index is 1170. The predicted molar refractivity (Wildman–Crippen MR) is 121 cm³/mol. The van der Waals surface area contributed by atoms with E-state index in [2.05, 4.69) is 10.4 Å². The molecule has 10 nitrogen and oxygen atoms in total. The minimum absolute atomic E-state index is 0.0444. The second kappa shape index (κ2) is 9.07. The SMILES string of the molecule is CCN1N=C(C)C2=[N+](CC(=O)Nc3ccc(OC)c(Cl)c3)C(=O)N(Cc3ccco3)C(=O)C21. The number of amides is 4. The second-order valence-corrected chi connectivity index (χ2v) is 7.91. The van der Waals surface area contributed by atoms with Crippen LogP contribution in [-0.4, -0.2) is 70.0 Å². The van der Waals surface area contributed by atoms with E-state index in [4.69, 9.17) is 20.8 Å². The summed E-state index contributed by atoms with van der Waals surface area (Å²) in [5.41, 5.74) is 1.37. The quantitative estimate of drug-likeness (QED) is 0.620. The zero-order valence-electron chi connectivity index (χ0n) is 18.4. The lowest BCUT2D eigenvalue weighted by molar-refractivity contribution is -0.427. The van der Waals surface area contributed by atoms with Crippen molar-refractivity contribution < 1.29 is 28.1 Å². The molecule has 4 rings (SSSR count). The van der Waals surface area contributed by atoms with Crippen LogP contribution in [0.5, 0.6) is 5.75 Å². The highest BCUT2D eigenvalue weighted by atomic mass is 35.5. The van der Waals surface area contributed by atoms with Crippen molar-refractivity contribution in [2.45, 2.75) is 26.4 Å². The van der Waals surface area contributed by atoms with Crippen molar-refractivity contribution in [1.82, 2.24) is 9.91 Å². The molecule has 1 aromatic heterocycles. The van der Waals surface area contributed by atoms with Crippen LogP contribution in [0.3, 0.4) is 0 Å². The normalized spacial score (nSPS) is 17.9. The Balaban J connectivity index is 1.64. The highest BCUT2D eigenvalue weighted by molar-refractivity contribution is 6.48. The number of benzene rings is 1. The summed E-state index contributed by atoms with van der Waals surface area (Å²) in [5.74, 6) is 0.0678. The van der Waals surface area contributed by atoms with Crippen LogP contribution in [0.2, 0.25) is 5.02 Å². The molecule has 0 radical (unpaired) electrons. The number of nitrogens with zero attached hydrogens (tertiary/aromatic N) is 4. The molecule has 1 aromatic carbocycles. The Morgan fingerprint density at radius 3 is 2.76 bits per heavy atom. The van der Waals surface area contributed by atoms with Gasteiger partial charge in [-0.3, -0.25) is 9.80 Å². The van der Waals surface area contributed by atoms with Crippen molar-refractivity contribution in [3.05, 3.63) is 47.4 Å². The van der Waals surface area contributed by atoms with Crippen LogP contribution in [0.1, 0.15) is 19.6 Å². The number of halogens is 1. The van der Waals surface area contributed by atoms with Gasteiger partial charge in [0.2, 0.25) is 6.04 Å². The third-order valence-electron chi connectivity index (χ3n) is 5.41. The Morgan fingerprint density at radius 2 is 2.12 bits per heavy atom. The van der Waals surface area contributed by atoms with Gasteiger partial charge in [0.05, 0.1) is 18.4 Å². The van der Waals surface area contributed by atoms with Gasteiger partial charge < -0.3 is 14.5 Å². The van der Waals surface area contributed by atoms with Crippen molar-refractivity contribution in [2.75, 3.05) is 25.5 Å². The number of hydrogen-bond acceptors (Lipinski definition) is 7. The summed E-state index contributed by atoms with van der Waals surface area (Å²) in [6, 6.07) is 6.79. The van der Waals surface area contributed by atoms with E-state index in [9.17, 15) is 14.4 Å². The second-order valence-electron chi connectivity index (χ2n) is 7.50. The molecule has 0 saturated heterocycles. The molecule has 11 heteroatoms. The number of nitrogens with one attached hydrogen (secondary N) is 1. The Labute approximate surface area is 195 Å². The molecular formula is C22H23ClN5O5+. The van der Waals surface area contributed by atoms with Gasteiger partial charge in [0.15, 0.2) is 18.8 Å². The van der Waals surface area contributed by atoms with E-state index in [-0.39, 0.29) is 13.1 Å². The number of hydrazone groups is 1. The summed E-state index contributed by atoms with van der Waals surface area (Å²) < 4.78 is 11.7. The van der Waals surface area contributed by atoms with Gasteiger partial charge in [-0.25, -0.2) is 4.79 Å². The van der Waals surface area contributed by atoms with E-state index < -0.39 is 23.9 Å². The number of furan rings is 1. The van der Waals surface area contributed by atoms with Crippen molar-refractivity contribution in [1.29, 1.82) is 0 Å². The van der Waals surface area contributed by atoms with Gasteiger partial charge in [0, 0.05) is 12.2 Å². The maximum atomic E-state index is 13.3. The van der Waals surface area contributed by atoms with Crippen molar-refractivity contribution in [3.63, 3.8) is 0 Å². The molecule has 2 aliphatic heterocycles. The topological polar surface area (TPSA) is 107 Å².